The first-order chi connectivity index (χ1) is 10.3. The molecule has 0 fully saturated rings. The van der Waals surface area contributed by atoms with E-state index < -0.39 is 5.41 Å². The maximum Gasteiger partial charge on any atom is 0.311 e. The number of rotatable bonds is 8. The lowest BCUT2D eigenvalue weighted by molar-refractivity contribution is -0.161. The Morgan fingerprint density at radius 2 is 1.86 bits per heavy atom. The Morgan fingerprint density at radius 1 is 1.23 bits per heavy atom. The summed E-state index contributed by atoms with van der Waals surface area (Å²) < 4.78 is 5.74. The number of ether oxygens (including phenoxy) is 1. The van der Waals surface area contributed by atoms with E-state index in [0.717, 1.165) is 25.5 Å². The minimum absolute atomic E-state index is 0.146. The number of aldehydes is 1. The second kappa shape index (κ2) is 8.72. The zero-order valence-electron chi connectivity index (χ0n) is 14.2. The highest BCUT2D eigenvalue weighted by Gasteiger charge is 2.28. The van der Waals surface area contributed by atoms with Crippen molar-refractivity contribution >= 4 is 12.3 Å². The minimum atomic E-state index is -0.505. The molecule has 0 aliphatic heterocycles. The lowest BCUT2D eigenvalue weighted by Crippen LogP contribution is -2.32. The van der Waals surface area contributed by atoms with Crippen molar-refractivity contribution in [3.05, 3.63) is 35.9 Å². The molecule has 0 aliphatic carbocycles. The van der Waals surface area contributed by atoms with Crippen LogP contribution >= 0.6 is 0 Å². The van der Waals surface area contributed by atoms with Crippen molar-refractivity contribution in [1.82, 2.24) is 0 Å². The summed E-state index contributed by atoms with van der Waals surface area (Å²) in [5, 5.41) is 0. The van der Waals surface area contributed by atoms with Crippen LogP contribution in [0.3, 0.4) is 0 Å². The van der Waals surface area contributed by atoms with Crippen molar-refractivity contribution in [1.29, 1.82) is 0 Å². The Labute approximate surface area is 134 Å². The predicted octanol–water partition coefficient (Wildman–Crippen LogP) is 4.19. The van der Waals surface area contributed by atoms with Crippen LogP contribution in [0.15, 0.2) is 30.3 Å². The lowest BCUT2D eigenvalue weighted by Gasteiger charge is -2.28. The Bertz CT molecular complexity index is 459. The molecule has 0 amide bonds. The molecule has 0 bridgehead atoms. The van der Waals surface area contributed by atoms with Gasteiger partial charge in [-0.3, -0.25) is 4.79 Å². The van der Waals surface area contributed by atoms with E-state index in [4.69, 9.17) is 4.74 Å². The average molecular weight is 304 g/mol. The Hall–Kier alpha value is -1.64. The highest BCUT2D eigenvalue weighted by Crippen LogP contribution is 2.24. The number of carbonyl (C=O) groups is 2. The van der Waals surface area contributed by atoms with Crippen LogP contribution < -0.4 is 0 Å². The first kappa shape index (κ1) is 18.4. The number of unbranched alkanes of at least 4 members (excludes halogenated alkanes) is 1. The van der Waals surface area contributed by atoms with Crippen molar-refractivity contribution in [3.8, 4) is 0 Å². The van der Waals surface area contributed by atoms with Gasteiger partial charge in [0.15, 0.2) is 0 Å². The number of benzene rings is 1. The summed E-state index contributed by atoms with van der Waals surface area (Å²) in [6.45, 7) is 7.69. The van der Waals surface area contributed by atoms with Gasteiger partial charge < -0.3 is 9.53 Å². The van der Waals surface area contributed by atoms with Gasteiger partial charge in [-0.2, -0.15) is 0 Å². The van der Waals surface area contributed by atoms with E-state index in [1.807, 2.05) is 39.0 Å². The quantitative estimate of drug-likeness (QED) is 0.411. The largest absolute Gasteiger partial charge is 0.462 e. The summed E-state index contributed by atoms with van der Waals surface area (Å²) in [6.07, 6.45) is 3.64. The van der Waals surface area contributed by atoms with Crippen LogP contribution in [-0.4, -0.2) is 18.4 Å². The summed E-state index contributed by atoms with van der Waals surface area (Å²) in [5.74, 6) is 0.0452. The first-order valence-electron chi connectivity index (χ1n) is 8.03. The van der Waals surface area contributed by atoms with E-state index in [9.17, 15) is 9.59 Å². The molecule has 3 nitrogen and oxygen atoms in total. The molecule has 1 aromatic rings. The third kappa shape index (κ3) is 6.42. The molecule has 122 valence electrons. The van der Waals surface area contributed by atoms with Crippen molar-refractivity contribution in [2.24, 2.45) is 11.3 Å². The van der Waals surface area contributed by atoms with Crippen LogP contribution in [-0.2, 0) is 20.7 Å². The standard InChI is InChI=1S/C19H28O3/c1-15(14-16-10-6-5-7-11-16)17(12-8-9-13-20)22-18(21)19(2,3)4/h5-7,10-11,13,15,17H,8-9,12,14H2,1-4H3/t15-,17-/m1/s1. The van der Waals surface area contributed by atoms with E-state index in [1.54, 1.807) is 0 Å². The second-order valence-corrected chi connectivity index (χ2v) is 6.96. The Morgan fingerprint density at radius 3 is 2.41 bits per heavy atom. The fourth-order valence-electron chi connectivity index (χ4n) is 2.29. The van der Waals surface area contributed by atoms with E-state index in [2.05, 4.69) is 19.1 Å². The molecule has 0 N–H and O–H groups in total. The number of esters is 1. The maximum absolute atomic E-state index is 12.2. The van der Waals surface area contributed by atoms with E-state index in [1.165, 1.54) is 5.56 Å². The number of hydrogen-bond acceptors (Lipinski definition) is 3. The zero-order chi connectivity index (χ0) is 16.6. The molecule has 3 heteroatoms. The van der Waals surface area contributed by atoms with Gasteiger partial charge in [-0.25, -0.2) is 0 Å². The molecule has 0 saturated carbocycles. The fourth-order valence-corrected chi connectivity index (χ4v) is 2.29. The maximum atomic E-state index is 12.2. The monoisotopic (exact) mass is 304 g/mol. The highest BCUT2D eigenvalue weighted by atomic mass is 16.5. The van der Waals surface area contributed by atoms with Gasteiger partial charge in [-0.1, -0.05) is 37.3 Å². The van der Waals surface area contributed by atoms with Gasteiger partial charge in [0.2, 0.25) is 0 Å². The third-order valence-electron chi connectivity index (χ3n) is 3.72. The summed E-state index contributed by atoms with van der Waals surface area (Å²) in [4.78, 5) is 22.7. The molecule has 22 heavy (non-hydrogen) atoms. The van der Waals surface area contributed by atoms with Crippen molar-refractivity contribution in [2.45, 2.75) is 59.5 Å². The molecule has 0 radical (unpaired) electrons. The molecule has 0 heterocycles. The third-order valence-corrected chi connectivity index (χ3v) is 3.72. The van der Waals surface area contributed by atoms with Gasteiger partial charge in [0.1, 0.15) is 12.4 Å². The smallest absolute Gasteiger partial charge is 0.311 e. The van der Waals surface area contributed by atoms with Gasteiger partial charge in [-0.15, -0.1) is 0 Å². The van der Waals surface area contributed by atoms with Gasteiger partial charge in [0.05, 0.1) is 5.41 Å². The van der Waals surface area contributed by atoms with Crippen molar-refractivity contribution < 1.29 is 14.3 Å². The van der Waals surface area contributed by atoms with Crippen molar-refractivity contribution in [3.63, 3.8) is 0 Å². The van der Waals surface area contributed by atoms with Gasteiger partial charge in [0.25, 0.3) is 0 Å². The topological polar surface area (TPSA) is 43.4 Å². The molecule has 0 aromatic heterocycles. The van der Waals surface area contributed by atoms with Gasteiger partial charge in [0, 0.05) is 6.42 Å². The fraction of sp³-hybridized carbons (Fsp3) is 0.579. The number of carbonyl (C=O) groups excluding carboxylic acids is 2. The van der Waals surface area contributed by atoms with Gasteiger partial charge in [-0.05, 0) is 51.5 Å². The Balaban J connectivity index is 2.70. The van der Waals surface area contributed by atoms with E-state index in [-0.39, 0.29) is 18.0 Å². The predicted molar refractivity (Wildman–Crippen MR) is 88.6 cm³/mol. The normalized spacial score (nSPS) is 14.2. The number of hydrogen-bond donors (Lipinski definition) is 0. The molecular formula is C19H28O3. The summed E-state index contributed by atoms with van der Waals surface area (Å²) in [5.41, 5.74) is 0.734. The lowest BCUT2D eigenvalue weighted by atomic mass is 9.91. The van der Waals surface area contributed by atoms with Crippen LogP contribution in [0.4, 0.5) is 0 Å². The van der Waals surface area contributed by atoms with Crippen LogP contribution in [0, 0.1) is 11.3 Å². The minimum Gasteiger partial charge on any atom is -0.462 e. The van der Waals surface area contributed by atoms with Crippen LogP contribution in [0.25, 0.3) is 0 Å². The molecular weight excluding hydrogens is 276 g/mol. The summed E-state index contributed by atoms with van der Waals surface area (Å²) in [6, 6.07) is 10.2. The second-order valence-electron chi connectivity index (χ2n) is 6.96. The van der Waals surface area contributed by atoms with Crippen molar-refractivity contribution in [2.75, 3.05) is 0 Å². The zero-order valence-corrected chi connectivity index (χ0v) is 14.2. The van der Waals surface area contributed by atoms with Gasteiger partial charge >= 0.3 is 5.97 Å². The Kier molecular flexibility index (Phi) is 7.30. The molecule has 1 rings (SSSR count). The van der Waals surface area contributed by atoms with E-state index >= 15 is 0 Å². The van der Waals surface area contributed by atoms with Crippen LogP contribution in [0.1, 0.15) is 52.5 Å². The molecule has 0 saturated heterocycles. The molecule has 0 unspecified atom stereocenters. The van der Waals surface area contributed by atoms with E-state index in [0.29, 0.717) is 6.42 Å². The van der Waals surface area contributed by atoms with Crippen LogP contribution in [0.2, 0.25) is 0 Å². The average Bonchev–Trinajstić information content (AvgIpc) is 2.46. The summed E-state index contributed by atoms with van der Waals surface area (Å²) in [7, 11) is 0. The molecule has 2 atom stereocenters. The summed E-state index contributed by atoms with van der Waals surface area (Å²) >= 11 is 0. The molecule has 1 aromatic carbocycles. The molecule has 0 aliphatic rings. The first-order valence-corrected chi connectivity index (χ1v) is 8.03. The highest BCUT2D eigenvalue weighted by molar-refractivity contribution is 5.75. The van der Waals surface area contributed by atoms with Crippen LogP contribution in [0.5, 0.6) is 0 Å². The molecule has 0 spiro atoms. The SMILES string of the molecule is C[C@H](Cc1ccccc1)[C@@H](CCCC=O)OC(=O)C(C)(C)C.